The molecule has 0 unspecified atom stereocenters. The number of anilines is 1. The van der Waals surface area contributed by atoms with Gasteiger partial charge in [0.1, 0.15) is 4.90 Å². The molecule has 7 heteroatoms. The van der Waals surface area contributed by atoms with Crippen LogP contribution in [0.3, 0.4) is 0 Å². The molecule has 0 aliphatic carbocycles. The Kier molecular flexibility index (Phi) is 6.29. The smallest absolute Gasteiger partial charge is 0.244 e. The fourth-order valence-corrected chi connectivity index (χ4v) is 3.06. The molecule has 0 radical (unpaired) electrons. The molecule has 0 aromatic carbocycles. The first-order valence-electron chi connectivity index (χ1n) is 6.55. The summed E-state index contributed by atoms with van der Waals surface area (Å²) in [5.74, 6) is 0. The second-order valence-corrected chi connectivity index (χ2v) is 8.34. The number of aromatic nitrogens is 1. The highest BCUT2D eigenvalue weighted by Gasteiger charge is 2.23. The first-order chi connectivity index (χ1) is 9.32. The van der Waals surface area contributed by atoms with Crippen LogP contribution >= 0.6 is 11.8 Å². The van der Waals surface area contributed by atoms with E-state index in [0.29, 0.717) is 12.2 Å². The van der Waals surface area contributed by atoms with E-state index < -0.39 is 10.0 Å². The van der Waals surface area contributed by atoms with E-state index in [1.165, 1.54) is 6.20 Å². The van der Waals surface area contributed by atoms with Crippen molar-refractivity contribution >= 4 is 27.5 Å². The molecule has 0 amide bonds. The van der Waals surface area contributed by atoms with Gasteiger partial charge in [-0.15, -0.1) is 0 Å². The Labute approximate surface area is 126 Å². The molecule has 0 aliphatic heterocycles. The van der Waals surface area contributed by atoms with Crippen LogP contribution in [0.4, 0.5) is 5.69 Å². The maximum atomic E-state index is 12.4. The van der Waals surface area contributed by atoms with Crippen LogP contribution in [0.15, 0.2) is 23.4 Å². The van der Waals surface area contributed by atoms with Crippen molar-refractivity contribution in [2.24, 2.45) is 0 Å². The van der Waals surface area contributed by atoms with Crippen molar-refractivity contribution in [3.63, 3.8) is 0 Å². The quantitative estimate of drug-likeness (QED) is 0.770. The normalized spacial score (nSPS) is 12.4. The van der Waals surface area contributed by atoms with E-state index in [2.05, 4.69) is 15.0 Å². The van der Waals surface area contributed by atoms with Crippen LogP contribution in [-0.2, 0) is 10.0 Å². The third kappa shape index (κ3) is 4.96. The summed E-state index contributed by atoms with van der Waals surface area (Å²) in [6.07, 6.45) is 5.86. The predicted molar refractivity (Wildman–Crippen MR) is 85.8 cm³/mol. The molecule has 0 saturated carbocycles. The summed E-state index contributed by atoms with van der Waals surface area (Å²) < 4.78 is 27.3. The van der Waals surface area contributed by atoms with Gasteiger partial charge in [0.05, 0.1) is 5.69 Å². The lowest BCUT2D eigenvalue weighted by Crippen LogP contribution is -2.36. The lowest BCUT2D eigenvalue weighted by molar-refractivity contribution is 0.570. The zero-order chi connectivity index (χ0) is 15.2. The molecule has 0 bridgehead atoms. The number of hydrogen-bond acceptors (Lipinski definition) is 5. The molecule has 1 rings (SSSR count). The summed E-state index contributed by atoms with van der Waals surface area (Å²) in [6.45, 7) is 7.13. The summed E-state index contributed by atoms with van der Waals surface area (Å²) >= 11 is 1.62. The molecule has 114 valence electrons. The van der Waals surface area contributed by atoms with Crippen LogP contribution in [0.25, 0.3) is 0 Å². The molecule has 1 heterocycles. The van der Waals surface area contributed by atoms with Crippen molar-refractivity contribution in [1.29, 1.82) is 0 Å². The number of nitrogens with one attached hydrogen (secondary N) is 2. The number of thioether (sulfide) groups is 1. The van der Waals surface area contributed by atoms with Gasteiger partial charge < -0.3 is 5.32 Å². The van der Waals surface area contributed by atoms with Crippen LogP contribution in [-0.4, -0.2) is 37.5 Å². The van der Waals surface area contributed by atoms with Crippen molar-refractivity contribution < 1.29 is 8.42 Å². The summed E-state index contributed by atoms with van der Waals surface area (Å²) in [5.41, 5.74) is 0.594. The molecule has 0 aliphatic rings. The standard InChI is InChI=1S/C13H23N3O2S2/c1-5-7-15-11-6-8-14-9-12(11)20(17,18)16-10-13(2,3)19-4/h6,8-9,16H,5,7,10H2,1-4H3,(H,14,15). The van der Waals surface area contributed by atoms with E-state index in [0.717, 1.165) is 13.0 Å². The molecular weight excluding hydrogens is 294 g/mol. The lowest BCUT2D eigenvalue weighted by Gasteiger charge is -2.22. The summed E-state index contributed by atoms with van der Waals surface area (Å²) in [4.78, 5) is 4.12. The molecule has 5 nitrogen and oxygen atoms in total. The first kappa shape index (κ1) is 17.3. The number of hydrogen-bond donors (Lipinski definition) is 2. The Bertz CT molecular complexity index is 530. The van der Waals surface area contributed by atoms with E-state index in [9.17, 15) is 8.42 Å². The fraction of sp³-hybridized carbons (Fsp3) is 0.615. The zero-order valence-corrected chi connectivity index (χ0v) is 14.1. The van der Waals surface area contributed by atoms with Gasteiger partial charge in [0.15, 0.2) is 0 Å². The van der Waals surface area contributed by atoms with Crippen molar-refractivity contribution in [3.8, 4) is 0 Å². The highest BCUT2D eigenvalue weighted by atomic mass is 32.2. The number of sulfonamides is 1. The summed E-state index contributed by atoms with van der Waals surface area (Å²) in [6, 6.07) is 1.68. The average Bonchev–Trinajstić information content (AvgIpc) is 2.43. The van der Waals surface area contributed by atoms with Gasteiger partial charge in [-0.2, -0.15) is 11.8 Å². The monoisotopic (exact) mass is 317 g/mol. The van der Waals surface area contributed by atoms with E-state index in [4.69, 9.17) is 0 Å². The minimum Gasteiger partial charge on any atom is -0.384 e. The van der Waals surface area contributed by atoms with Crippen LogP contribution in [0.2, 0.25) is 0 Å². The van der Waals surface area contributed by atoms with Crippen molar-refractivity contribution in [2.75, 3.05) is 24.7 Å². The van der Waals surface area contributed by atoms with Gasteiger partial charge in [0.2, 0.25) is 10.0 Å². The third-order valence-corrected chi connectivity index (χ3v) is 5.56. The zero-order valence-electron chi connectivity index (χ0n) is 12.4. The van der Waals surface area contributed by atoms with Crippen LogP contribution in [0, 0.1) is 0 Å². The molecule has 0 fully saturated rings. The molecule has 0 atom stereocenters. The van der Waals surface area contributed by atoms with Gasteiger partial charge in [0.25, 0.3) is 0 Å². The average molecular weight is 317 g/mol. The Hall–Kier alpha value is -0.790. The maximum Gasteiger partial charge on any atom is 0.244 e. The molecule has 1 aromatic rings. The molecular formula is C13H23N3O2S2. The second kappa shape index (κ2) is 7.28. The van der Waals surface area contributed by atoms with Crippen molar-refractivity contribution in [1.82, 2.24) is 9.71 Å². The highest BCUT2D eigenvalue weighted by molar-refractivity contribution is 8.00. The Morgan fingerprint density at radius 2 is 2.10 bits per heavy atom. The number of rotatable bonds is 8. The van der Waals surface area contributed by atoms with Crippen molar-refractivity contribution in [3.05, 3.63) is 18.5 Å². The first-order valence-corrected chi connectivity index (χ1v) is 9.26. The van der Waals surface area contributed by atoms with Gasteiger partial charge in [-0.3, -0.25) is 4.98 Å². The van der Waals surface area contributed by atoms with E-state index in [-0.39, 0.29) is 9.64 Å². The molecule has 2 N–H and O–H groups in total. The third-order valence-electron chi connectivity index (χ3n) is 2.88. The number of nitrogens with zero attached hydrogens (tertiary/aromatic N) is 1. The SMILES string of the molecule is CCCNc1ccncc1S(=O)(=O)NCC(C)(C)SC. The second-order valence-electron chi connectivity index (χ2n) is 5.09. The Morgan fingerprint density at radius 1 is 1.40 bits per heavy atom. The van der Waals surface area contributed by atoms with Gasteiger partial charge in [-0.25, -0.2) is 13.1 Å². The lowest BCUT2D eigenvalue weighted by atomic mass is 10.2. The maximum absolute atomic E-state index is 12.4. The Balaban J connectivity index is 2.92. The van der Waals surface area contributed by atoms with Crippen LogP contribution in [0.1, 0.15) is 27.2 Å². The van der Waals surface area contributed by atoms with Gasteiger partial charge in [0, 0.05) is 30.2 Å². The molecule has 0 saturated heterocycles. The summed E-state index contributed by atoms with van der Waals surface area (Å²) in [7, 11) is -3.55. The van der Waals surface area contributed by atoms with Crippen LogP contribution < -0.4 is 10.0 Å². The van der Waals surface area contributed by atoms with Gasteiger partial charge >= 0.3 is 0 Å². The van der Waals surface area contributed by atoms with Crippen LogP contribution in [0.5, 0.6) is 0 Å². The highest BCUT2D eigenvalue weighted by Crippen LogP contribution is 2.23. The summed E-state index contributed by atoms with van der Waals surface area (Å²) in [5, 5.41) is 3.12. The van der Waals surface area contributed by atoms with Gasteiger partial charge in [-0.05, 0) is 32.6 Å². The number of pyridine rings is 1. The topological polar surface area (TPSA) is 71.1 Å². The molecule has 20 heavy (non-hydrogen) atoms. The molecule has 0 spiro atoms. The van der Waals surface area contributed by atoms with E-state index in [1.807, 2.05) is 27.0 Å². The van der Waals surface area contributed by atoms with Gasteiger partial charge in [-0.1, -0.05) is 6.92 Å². The minimum absolute atomic E-state index is 0.147. The Morgan fingerprint density at radius 3 is 2.70 bits per heavy atom. The van der Waals surface area contributed by atoms with Crippen molar-refractivity contribution in [2.45, 2.75) is 36.8 Å². The van der Waals surface area contributed by atoms with E-state index in [1.54, 1.807) is 24.0 Å². The predicted octanol–water partition coefficient (Wildman–Crippen LogP) is 2.32. The minimum atomic E-state index is -3.55. The van der Waals surface area contributed by atoms with E-state index >= 15 is 0 Å². The fourth-order valence-electron chi connectivity index (χ4n) is 1.42. The molecule has 1 aromatic heterocycles. The largest absolute Gasteiger partial charge is 0.384 e.